The van der Waals surface area contributed by atoms with Gasteiger partial charge in [-0.3, -0.25) is 4.98 Å². The highest BCUT2D eigenvalue weighted by Gasteiger charge is 1.96. The largest absolute Gasteiger partial charge is 0.370 e. The average molecular weight is 224 g/mol. The molecule has 0 saturated carbocycles. The molecule has 4 heteroatoms. The molecule has 0 radical (unpaired) electrons. The fraction of sp³-hybridized carbons (Fsp3) is 0.154. The minimum atomic E-state index is 0.617. The summed E-state index contributed by atoms with van der Waals surface area (Å²) in [6.07, 6.45) is 6.10. The van der Waals surface area contributed by atoms with Crippen molar-refractivity contribution in [2.45, 2.75) is 6.42 Å². The first-order valence-corrected chi connectivity index (χ1v) is 5.37. The SMILES string of the molecule is N#Cc1ccnc(NCCc2ccncc2)c1. The van der Waals surface area contributed by atoms with Gasteiger partial charge in [0.2, 0.25) is 0 Å². The Kier molecular flexibility index (Phi) is 3.66. The smallest absolute Gasteiger partial charge is 0.127 e. The van der Waals surface area contributed by atoms with Crippen LogP contribution in [0, 0.1) is 11.3 Å². The minimum absolute atomic E-state index is 0.617. The zero-order chi connectivity index (χ0) is 11.9. The second kappa shape index (κ2) is 5.61. The Balaban J connectivity index is 1.88. The van der Waals surface area contributed by atoms with Crippen LogP contribution < -0.4 is 5.32 Å². The van der Waals surface area contributed by atoms with Crippen molar-refractivity contribution in [2.75, 3.05) is 11.9 Å². The van der Waals surface area contributed by atoms with E-state index in [0.29, 0.717) is 5.56 Å². The quantitative estimate of drug-likeness (QED) is 0.862. The summed E-state index contributed by atoms with van der Waals surface area (Å²) in [7, 11) is 0. The maximum absolute atomic E-state index is 8.75. The zero-order valence-electron chi connectivity index (χ0n) is 9.30. The van der Waals surface area contributed by atoms with Crippen LogP contribution in [0.4, 0.5) is 5.82 Å². The van der Waals surface area contributed by atoms with Gasteiger partial charge in [-0.05, 0) is 36.2 Å². The molecular formula is C13H12N4. The Hall–Kier alpha value is -2.41. The van der Waals surface area contributed by atoms with Crippen molar-refractivity contribution >= 4 is 5.82 Å². The Morgan fingerprint density at radius 3 is 2.76 bits per heavy atom. The summed E-state index contributed by atoms with van der Waals surface area (Å²) in [6.45, 7) is 0.784. The van der Waals surface area contributed by atoms with Crippen LogP contribution in [0.3, 0.4) is 0 Å². The average Bonchev–Trinajstić information content (AvgIpc) is 2.40. The van der Waals surface area contributed by atoms with E-state index in [1.165, 1.54) is 5.56 Å². The van der Waals surface area contributed by atoms with Gasteiger partial charge in [0.1, 0.15) is 5.82 Å². The van der Waals surface area contributed by atoms with Crippen molar-refractivity contribution in [3.8, 4) is 6.07 Å². The van der Waals surface area contributed by atoms with Crippen LogP contribution in [-0.2, 0) is 6.42 Å². The first kappa shape index (κ1) is 11.1. The molecule has 0 aliphatic carbocycles. The Morgan fingerprint density at radius 1 is 1.18 bits per heavy atom. The highest BCUT2D eigenvalue weighted by atomic mass is 15.0. The highest BCUT2D eigenvalue weighted by molar-refractivity contribution is 5.42. The molecule has 2 rings (SSSR count). The number of rotatable bonds is 4. The predicted octanol–water partition coefficient (Wildman–Crippen LogP) is 2.00. The topological polar surface area (TPSA) is 61.6 Å². The first-order chi connectivity index (χ1) is 8.38. The third-order valence-corrected chi connectivity index (χ3v) is 2.36. The standard InChI is InChI=1S/C13H12N4/c14-10-12-4-8-17-13(9-12)16-7-3-11-1-5-15-6-2-11/h1-2,4-6,8-9H,3,7H2,(H,16,17). The number of pyridine rings is 2. The zero-order valence-corrected chi connectivity index (χ0v) is 9.30. The number of aromatic nitrogens is 2. The number of anilines is 1. The summed E-state index contributed by atoms with van der Waals surface area (Å²) in [6, 6.07) is 9.49. The lowest BCUT2D eigenvalue weighted by molar-refractivity contribution is 1.000. The molecule has 2 heterocycles. The van der Waals surface area contributed by atoms with E-state index in [9.17, 15) is 0 Å². The maximum Gasteiger partial charge on any atom is 0.127 e. The van der Waals surface area contributed by atoms with E-state index in [0.717, 1.165) is 18.8 Å². The van der Waals surface area contributed by atoms with E-state index in [4.69, 9.17) is 5.26 Å². The van der Waals surface area contributed by atoms with Crippen molar-refractivity contribution < 1.29 is 0 Å². The van der Waals surface area contributed by atoms with Gasteiger partial charge >= 0.3 is 0 Å². The van der Waals surface area contributed by atoms with Crippen molar-refractivity contribution in [1.29, 1.82) is 5.26 Å². The molecule has 84 valence electrons. The van der Waals surface area contributed by atoms with Crippen LogP contribution in [0.15, 0.2) is 42.9 Å². The number of nitrogens with one attached hydrogen (secondary N) is 1. The van der Waals surface area contributed by atoms with E-state index >= 15 is 0 Å². The number of hydrogen-bond acceptors (Lipinski definition) is 4. The molecule has 0 unspecified atom stereocenters. The molecule has 2 aromatic rings. The molecular weight excluding hydrogens is 212 g/mol. The highest BCUT2D eigenvalue weighted by Crippen LogP contribution is 2.06. The first-order valence-electron chi connectivity index (χ1n) is 5.37. The molecule has 0 bridgehead atoms. The van der Waals surface area contributed by atoms with Crippen molar-refractivity contribution in [1.82, 2.24) is 9.97 Å². The minimum Gasteiger partial charge on any atom is -0.370 e. The van der Waals surface area contributed by atoms with Crippen molar-refractivity contribution in [3.05, 3.63) is 54.0 Å². The van der Waals surface area contributed by atoms with E-state index in [1.54, 1.807) is 30.7 Å². The normalized spacial score (nSPS) is 9.59. The molecule has 2 aromatic heterocycles. The fourth-order valence-electron chi connectivity index (χ4n) is 1.48. The van der Waals surface area contributed by atoms with Gasteiger partial charge in [-0.15, -0.1) is 0 Å². The molecule has 0 aliphatic rings. The van der Waals surface area contributed by atoms with Crippen LogP contribution >= 0.6 is 0 Å². The number of nitrogens with zero attached hydrogens (tertiary/aromatic N) is 3. The summed E-state index contributed by atoms with van der Waals surface area (Å²) < 4.78 is 0. The van der Waals surface area contributed by atoms with E-state index in [2.05, 4.69) is 21.4 Å². The van der Waals surface area contributed by atoms with Crippen molar-refractivity contribution in [3.63, 3.8) is 0 Å². The van der Waals surface area contributed by atoms with Gasteiger partial charge in [-0.1, -0.05) is 0 Å². The summed E-state index contributed by atoms with van der Waals surface area (Å²) in [4.78, 5) is 8.11. The van der Waals surface area contributed by atoms with Gasteiger partial charge in [0.25, 0.3) is 0 Å². The van der Waals surface area contributed by atoms with Gasteiger partial charge < -0.3 is 5.32 Å². The van der Waals surface area contributed by atoms with Gasteiger partial charge in [-0.2, -0.15) is 5.26 Å². The molecule has 1 N–H and O–H groups in total. The van der Waals surface area contributed by atoms with Crippen LogP contribution in [-0.4, -0.2) is 16.5 Å². The Morgan fingerprint density at radius 2 is 2.00 bits per heavy atom. The monoisotopic (exact) mass is 224 g/mol. The van der Waals surface area contributed by atoms with Crippen LogP contribution in [0.25, 0.3) is 0 Å². The molecule has 0 saturated heterocycles. The lowest BCUT2D eigenvalue weighted by atomic mass is 10.2. The molecule has 17 heavy (non-hydrogen) atoms. The Labute approximate surface area is 100.0 Å². The second-order valence-electron chi connectivity index (χ2n) is 3.57. The van der Waals surface area contributed by atoms with Gasteiger partial charge in [0.15, 0.2) is 0 Å². The predicted molar refractivity (Wildman–Crippen MR) is 65.4 cm³/mol. The van der Waals surface area contributed by atoms with Crippen LogP contribution in [0.1, 0.15) is 11.1 Å². The van der Waals surface area contributed by atoms with E-state index in [1.807, 2.05) is 12.1 Å². The van der Waals surface area contributed by atoms with Gasteiger partial charge in [-0.25, -0.2) is 4.98 Å². The third kappa shape index (κ3) is 3.28. The number of hydrogen-bond donors (Lipinski definition) is 1. The van der Waals surface area contributed by atoms with Gasteiger partial charge in [0.05, 0.1) is 11.6 Å². The van der Waals surface area contributed by atoms with Gasteiger partial charge in [0, 0.05) is 25.1 Å². The maximum atomic E-state index is 8.75. The molecule has 4 nitrogen and oxygen atoms in total. The summed E-state index contributed by atoms with van der Waals surface area (Å²) in [5, 5.41) is 11.9. The van der Waals surface area contributed by atoms with Crippen LogP contribution in [0.2, 0.25) is 0 Å². The van der Waals surface area contributed by atoms with Crippen molar-refractivity contribution in [2.24, 2.45) is 0 Å². The summed E-state index contributed by atoms with van der Waals surface area (Å²) in [5.74, 6) is 0.734. The van der Waals surface area contributed by atoms with Crippen LogP contribution in [0.5, 0.6) is 0 Å². The molecule has 0 amide bonds. The number of nitriles is 1. The molecule has 0 atom stereocenters. The lowest BCUT2D eigenvalue weighted by Crippen LogP contribution is -2.06. The fourth-order valence-corrected chi connectivity index (χ4v) is 1.48. The lowest BCUT2D eigenvalue weighted by Gasteiger charge is -2.05. The second-order valence-corrected chi connectivity index (χ2v) is 3.57. The summed E-state index contributed by atoms with van der Waals surface area (Å²) in [5.41, 5.74) is 1.84. The molecule has 0 aliphatic heterocycles. The third-order valence-electron chi connectivity index (χ3n) is 2.36. The molecule has 0 aromatic carbocycles. The Bertz CT molecular complexity index is 516. The molecule has 0 fully saturated rings. The summed E-state index contributed by atoms with van der Waals surface area (Å²) >= 11 is 0. The molecule has 0 spiro atoms. The van der Waals surface area contributed by atoms with E-state index < -0.39 is 0 Å². The van der Waals surface area contributed by atoms with E-state index in [-0.39, 0.29) is 0 Å².